The second kappa shape index (κ2) is 7.03. The number of nitrogens with two attached hydrogens (primary N) is 1. The van der Waals surface area contributed by atoms with Gasteiger partial charge in [-0.15, -0.1) is 0 Å². The minimum Gasteiger partial charge on any atom is -0.481 e. The van der Waals surface area contributed by atoms with Crippen LogP contribution in [0.15, 0.2) is 42.6 Å². The molecule has 0 amide bonds. The van der Waals surface area contributed by atoms with Crippen molar-refractivity contribution in [3.05, 3.63) is 48.3 Å². The van der Waals surface area contributed by atoms with Crippen molar-refractivity contribution in [1.29, 1.82) is 0 Å². The molecule has 134 valence electrons. The van der Waals surface area contributed by atoms with Gasteiger partial charge >= 0.3 is 0 Å². The number of H-pyrrole nitrogens is 1. The lowest BCUT2D eigenvalue weighted by atomic mass is 9.89. The predicted octanol–water partition coefficient (Wildman–Crippen LogP) is 2.84. The Bertz CT molecular complexity index is 871. The van der Waals surface area contributed by atoms with Crippen LogP contribution < -0.4 is 15.4 Å². The number of rotatable bonds is 4. The molecule has 0 spiro atoms. The van der Waals surface area contributed by atoms with E-state index < -0.39 is 0 Å². The molecule has 7 nitrogen and oxygen atoms in total. The lowest BCUT2D eigenvalue weighted by Gasteiger charge is -2.32. The average molecular weight is 350 g/mol. The van der Waals surface area contributed by atoms with Crippen LogP contribution in [0.5, 0.6) is 5.88 Å². The summed E-state index contributed by atoms with van der Waals surface area (Å²) in [4.78, 5) is 10.6. The van der Waals surface area contributed by atoms with E-state index in [1.807, 2.05) is 18.3 Å². The first kappa shape index (κ1) is 16.4. The topological polar surface area (TPSA) is 93.0 Å². The van der Waals surface area contributed by atoms with Crippen LogP contribution in [0.3, 0.4) is 0 Å². The van der Waals surface area contributed by atoms with Crippen LogP contribution in [0.25, 0.3) is 11.1 Å². The van der Waals surface area contributed by atoms with Crippen molar-refractivity contribution in [2.24, 2.45) is 0 Å². The van der Waals surface area contributed by atoms with Gasteiger partial charge in [-0.3, -0.25) is 5.10 Å². The summed E-state index contributed by atoms with van der Waals surface area (Å²) in [5.74, 6) is 2.00. The van der Waals surface area contributed by atoms with Gasteiger partial charge in [0.2, 0.25) is 11.8 Å². The largest absolute Gasteiger partial charge is 0.481 e. The van der Waals surface area contributed by atoms with Gasteiger partial charge < -0.3 is 15.4 Å². The molecular weight excluding hydrogens is 328 g/mol. The molecule has 7 heteroatoms. The van der Waals surface area contributed by atoms with Crippen LogP contribution in [0.4, 0.5) is 11.8 Å². The first-order valence-electron chi connectivity index (χ1n) is 8.77. The van der Waals surface area contributed by atoms with Gasteiger partial charge in [0, 0.05) is 36.3 Å². The van der Waals surface area contributed by atoms with Crippen LogP contribution >= 0.6 is 0 Å². The molecule has 0 atom stereocenters. The minimum atomic E-state index is 0.237. The van der Waals surface area contributed by atoms with Crippen molar-refractivity contribution in [1.82, 2.24) is 20.2 Å². The zero-order valence-electron chi connectivity index (χ0n) is 14.7. The third kappa shape index (κ3) is 3.20. The molecule has 0 radical (unpaired) electrons. The number of nitrogen functional groups attached to an aromatic ring is 1. The molecule has 26 heavy (non-hydrogen) atoms. The maximum atomic E-state index is 5.79. The number of aromatic amines is 1. The molecule has 0 aliphatic carbocycles. The highest BCUT2D eigenvalue weighted by Gasteiger charge is 2.25. The Morgan fingerprint density at radius 3 is 2.65 bits per heavy atom. The molecule has 0 unspecified atom stereocenters. The number of ether oxygens (including phenoxy) is 1. The van der Waals surface area contributed by atoms with Crippen LogP contribution in [0.1, 0.15) is 24.5 Å². The van der Waals surface area contributed by atoms with Crippen molar-refractivity contribution in [3.63, 3.8) is 0 Å². The molecule has 1 aliphatic rings. The zero-order chi connectivity index (χ0) is 17.9. The van der Waals surface area contributed by atoms with Gasteiger partial charge in [-0.25, -0.2) is 0 Å². The lowest BCUT2D eigenvalue weighted by molar-refractivity contribution is 0.397. The van der Waals surface area contributed by atoms with E-state index in [1.54, 1.807) is 7.11 Å². The summed E-state index contributed by atoms with van der Waals surface area (Å²) in [6, 6.07) is 12.2. The first-order valence-corrected chi connectivity index (χ1v) is 8.77. The SMILES string of the molecule is COc1cc(N2CCC(c3[nH]ncc3-c3ccccc3)CC2)nc(N)n1. The highest BCUT2D eigenvalue weighted by atomic mass is 16.5. The lowest BCUT2D eigenvalue weighted by Crippen LogP contribution is -2.34. The summed E-state index contributed by atoms with van der Waals surface area (Å²) >= 11 is 0. The fourth-order valence-electron chi connectivity index (χ4n) is 3.55. The third-order valence-electron chi connectivity index (χ3n) is 4.90. The van der Waals surface area contributed by atoms with Crippen LogP contribution in [0, 0.1) is 0 Å². The van der Waals surface area contributed by atoms with E-state index in [2.05, 4.69) is 49.3 Å². The Hall–Kier alpha value is -3.09. The molecule has 1 saturated heterocycles. The molecule has 3 heterocycles. The number of nitrogens with one attached hydrogen (secondary N) is 1. The van der Waals surface area contributed by atoms with E-state index in [9.17, 15) is 0 Å². The number of anilines is 2. The van der Waals surface area contributed by atoms with E-state index in [1.165, 1.54) is 16.8 Å². The molecule has 1 fully saturated rings. The first-order chi connectivity index (χ1) is 12.7. The molecule has 1 aliphatic heterocycles. The summed E-state index contributed by atoms with van der Waals surface area (Å²) in [6.45, 7) is 1.80. The molecule has 4 rings (SSSR count). The van der Waals surface area contributed by atoms with Crippen LogP contribution in [-0.4, -0.2) is 40.4 Å². The van der Waals surface area contributed by atoms with Crippen molar-refractivity contribution >= 4 is 11.8 Å². The van der Waals surface area contributed by atoms with Gasteiger partial charge in [0.1, 0.15) is 5.82 Å². The summed E-state index contributed by atoms with van der Waals surface area (Å²) in [5.41, 5.74) is 9.40. The molecule has 3 aromatic rings. The average Bonchev–Trinajstić information content (AvgIpc) is 3.18. The Morgan fingerprint density at radius 1 is 1.15 bits per heavy atom. The number of benzene rings is 1. The second-order valence-electron chi connectivity index (χ2n) is 6.45. The van der Waals surface area contributed by atoms with Gasteiger partial charge in [-0.1, -0.05) is 30.3 Å². The maximum absolute atomic E-state index is 5.79. The summed E-state index contributed by atoms with van der Waals surface area (Å²) in [5, 5.41) is 7.51. The Kier molecular flexibility index (Phi) is 4.43. The van der Waals surface area contributed by atoms with Crippen molar-refractivity contribution in [2.45, 2.75) is 18.8 Å². The minimum absolute atomic E-state index is 0.237. The number of methoxy groups -OCH3 is 1. The Labute approximate surface area is 152 Å². The number of nitrogens with zero attached hydrogens (tertiary/aromatic N) is 4. The predicted molar refractivity (Wildman–Crippen MR) is 101 cm³/mol. The maximum Gasteiger partial charge on any atom is 0.225 e. The molecular formula is C19H22N6O. The molecule has 1 aromatic carbocycles. The summed E-state index contributed by atoms with van der Waals surface area (Å²) in [7, 11) is 1.58. The quantitative estimate of drug-likeness (QED) is 0.751. The van der Waals surface area contributed by atoms with Gasteiger partial charge in [0.05, 0.1) is 13.3 Å². The number of hydrogen-bond acceptors (Lipinski definition) is 6. The van der Waals surface area contributed by atoms with Crippen LogP contribution in [-0.2, 0) is 0 Å². The van der Waals surface area contributed by atoms with E-state index in [0.717, 1.165) is 31.7 Å². The molecule has 2 aromatic heterocycles. The fraction of sp³-hybridized carbons (Fsp3) is 0.316. The normalized spacial score (nSPS) is 15.2. The van der Waals surface area contributed by atoms with Gasteiger partial charge in [-0.2, -0.15) is 15.1 Å². The van der Waals surface area contributed by atoms with Gasteiger partial charge in [0.25, 0.3) is 0 Å². The fourth-order valence-corrected chi connectivity index (χ4v) is 3.55. The monoisotopic (exact) mass is 350 g/mol. The summed E-state index contributed by atoms with van der Waals surface area (Å²) in [6.07, 6.45) is 3.97. The standard InChI is InChI=1S/C19H22N6O/c1-26-17-11-16(22-19(20)23-17)25-9-7-14(8-10-25)18-15(12-21-24-18)13-5-3-2-4-6-13/h2-6,11-12,14H,7-10H2,1H3,(H,21,24)(H2,20,22,23). The second-order valence-corrected chi connectivity index (χ2v) is 6.45. The Balaban J connectivity index is 1.50. The van der Waals surface area contributed by atoms with E-state index in [-0.39, 0.29) is 5.95 Å². The van der Waals surface area contributed by atoms with Gasteiger partial charge in [0.15, 0.2) is 0 Å². The molecule has 0 bridgehead atoms. The van der Waals surface area contributed by atoms with Crippen molar-refractivity contribution < 1.29 is 4.74 Å². The Morgan fingerprint density at radius 2 is 1.92 bits per heavy atom. The van der Waals surface area contributed by atoms with Gasteiger partial charge in [-0.05, 0) is 18.4 Å². The zero-order valence-corrected chi connectivity index (χ0v) is 14.7. The molecule has 0 saturated carbocycles. The van der Waals surface area contributed by atoms with Crippen LogP contribution in [0.2, 0.25) is 0 Å². The number of aromatic nitrogens is 4. The van der Waals surface area contributed by atoms with Crippen molar-refractivity contribution in [2.75, 3.05) is 30.8 Å². The van der Waals surface area contributed by atoms with E-state index in [4.69, 9.17) is 10.5 Å². The number of hydrogen-bond donors (Lipinski definition) is 2. The summed E-state index contributed by atoms with van der Waals surface area (Å²) < 4.78 is 5.20. The third-order valence-corrected chi connectivity index (χ3v) is 4.90. The van der Waals surface area contributed by atoms with Crippen molar-refractivity contribution in [3.8, 4) is 17.0 Å². The molecule has 3 N–H and O–H groups in total. The van der Waals surface area contributed by atoms with E-state index in [0.29, 0.717) is 11.8 Å². The number of piperidine rings is 1. The highest BCUT2D eigenvalue weighted by molar-refractivity contribution is 5.65. The van der Waals surface area contributed by atoms with E-state index >= 15 is 0 Å². The smallest absolute Gasteiger partial charge is 0.225 e. The highest BCUT2D eigenvalue weighted by Crippen LogP contribution is 2.35.